The molecule has 2 aromatic carbocycles. The number of aromatic nitrogens is 3. The van der Waals surface area contributed by atoms with Crippen LogP contribution >= 0.6 is 0 Å². The standard InChI is InChI=1S/C18H13F4N5O3S/c19-12-3-1-11(15(9-12)18(20,21)22)2-8-16(28)25-13-4-6-14(7-5-13)31(29,30)27-17-23-10-24-26-17/h1-10H,(H,25,28)(H2,23,24,26,27). The van der Waals surface area contributed by atoms with Gasteiger partial charge in [0.2, 0.25) is 11.9 Å². The number of amides is 1. The van der Waals surface area contributed by atoms with Crippen LogP contribution < -0.4 is 10.0 Å². The van der Waals surface area contributed by atoms with Crippen LogP contribution in [0, 0.1) is 5.82 Å². The minimum absolute atomic E-state index is 0.0819. The zero-order chi connectivity index (χ0) is 22.6. The number of benzene rings is 2. The number of alkyl halides is 3. The Bertz CT molecular complexity index is 1210. The molecule has 3 N–H and O–H groups in total. The summed E-state index contributed by atoms with van der Waals surface area (Å²) in [5.74, 6) is -1.91. The van der Waals surface area contributed by atoms with Crippen molar-refractivity contribution >= 4 is 33.6 Å². The molecule has 0 aliphatic carbocycles. The molecule has 0 fully saturated rings. The summed E-state index contributed by atoms with van der Waals surface area (Å²) in [6.45, 7) is 0. The van der Waals surface area contributed by atoms with Gasteiger partial charge in [-0.2, -0.15) is 23.3 Å². The summed E-state index contributed by atoms with van der Waals surface area (Å²) in [5.41, 5.74) is -1.40. The number of anilines is 2. The van der Waals surface area contributed by atoms with Crippen molar-refractivity contribution in [2.24, 2.45) is 0 Å². The van der Waals surface area contributed by atoms with Crippen molar-refractivity contribution < 1.29 is 30.8 Å². The van der Waals surface area contributed by atoms with Crippen molar-refractivity contribution in [3.8, 4) is 0 Å². The van der Waals surface area contributed by atoms with E-state index in [1.54, 1.807) is 0 Å². The largest absolute Gasteiger partial charge is 0.417 e. The molecule has 0 atom stereocenters. The lowest BCUT2D eigenvalue weighted by molar-refractivity contribution is -0.138. The normalized spacial score (nSPS) is 12.1. The maximum atomic E-state index is 13.1. The van der Waals surface area contributed by atoms with E-state index in [1.165, 1.54) is 24.3 Å². The molecule has 0 aliphatic heterocycles. The number of carbonyl (C=O) groups is 1. The number of aromatic amines is 1. The van der Waals surface area contributed by atoms with Gasteiger partial charge in [0.25, 0.3) is 10.0 Å². The molecule has 0 spiro atoms. The second-order valence-electron chi connectivity index (χ2n) is 6.02. The van der Waals surface area contributed by atoms with E-state index < -0.39 is 33.5 Å². The van der Waals surface area contributed by atoms with E-state index in [0.29, 0.717) is 6.07 Å². The van der Waals surface area contributed by atoms with Gasteiger partial charge in [0.15, 0.2) is 0 Å². The lowest BCUT2D eigenvalue weighted by Crippen LogP contribution is -2.14. The fraction of sp³-hybridized carbons (Fsp3) is 0.0556. The Morgan fingerprint density at radius 2 is 1.81 bits per heavy atom. The van der Waals surface area contributed by atoms with Crippen molar-refractivity contribution in [2.45, 2.75) is 11.1 Å². The zero-order valence-electron chi connectivity index (χ0n) is 15.3. The van der Waals surface area contributed by atoms with Crippen LogP contribution in [-0.2, 0) is 21.0 Å². The Morgan fingerprint density at radius 3 is 2.42 bits per heavy atom. The Morgan fingerprint density at radius 1 is 1.10 bits per heavy atom. The van der Waals surface area contributed by atoms with Crippen LogP contribution in [-0.4, -0.2) is 29.5 Å². The van der Waals surface area contributed by atoms with E-state index in [4.69, 9.17) is 0 Å². The number of sulfonamides is 1. The summed E-state index contributed by atoms with van der Waals surface area (Å²) >= 11 is 0. The highest BCUT2D eigenvalue weighted by Crippen LogP contribution is 2.33. The van der Waals surface area contributed by atoms with Crippen LogP contribution in [0.1, 0.15) is 11.1 Å². The highest BCUT2D eigenvalue weighted by Gasteiger charge is 2.33. The smallest absolute Gasteiger partial charge is 0.323 e. The SMILES string of the molecule is O=C(C=Cc1ccc(F)cc1C(F)(F)F)Nc1ccc(S(=O)(=O)Nc2ncn[nH]2)cc1. The van der Waals surface area contributed by atoms with Crippen molar-refractivity contribution in [1.29, 1.82) is 0 Å². The minimum Gasteiger partial charge on any atom is -0.323 e. The fourth-order valence-corrected chi connectivity index (χ4v) is 3.39. The summed E-state index contributed by atoms with van der Waals surface area (Å²) in [6, 6.07) is 7.09. The van der Waals surface area contributed by atoms with E-state index in [0.717, 1.165) is 30.6 Å². The lowest BCUT2D eigenvalue weighted by Gasteiger charge is -2.10. The molecular weight excluding hydrogens is 442 g/mol. The van der Waals surface area contributed by atoms with Gasteiger partial charge in [-0.25, -0.2) is 22.6 Å². The number of H-pyrrole nitrogens is 1. The summed E-state index contributed by atoms with van der Waals surface area (Å²) in [7, 11) is -3.94. The van der Waals surface area contributed by atoms with Gasteiger partial charge in [-0.15, -0.1) is 0 Å². The molecule has 0 aliphatic rings. The van der Waals surface area contributed by atoms with Crippen LogP contribution in [0.25, 0.3) is 6.08 Å². The molecular formula is C18H13F4N5O3S. The predicted molar refractivity (Wildman–Crippen MR) is 103 cm³/mol. The molecule has 31 heavy (non-hydrogen) atoms. The first-order chi connectivity index (χ1) is 14.5. The average molecular weight is 455 g/mol. The molecule has 13 heteroatoms. The molecule has 3 aromatic rings. The Kier molecular flexibility index (Phi) is 6.06. The maximum Gasteiger partial charge on any atom is 0.417 e. The first kappa shape index (κ1) is 22.0. The quantitative estimate of drug-likeness (QED) is 0.389. The van der Waals surface area contributed by atoms with E-state index in [2.05, 4.69) is 25.2 Å². The molecule has 0 saturated carbocycles. The number of halogens is 4. The Hall–Kier alpha value is -3.74. The average Bonchev–Trinajstić information content (AvgIpc) is 3.19. The second-order valence-corrected chi connectivity index (χ2v) is 7.70. The van der Waals surface area contributed by atoms with Crippen LogP contribution in [0.4, 0.5) is 29.2 Å². The van der Waals surface area contributed by atoms with Gasteiger partial charge in [-0.3, -0.25) is 4.79 Å². The van der Waals surface area contributed by atoms with Gasteiger partial charge >= 0.3 is 6.18 Å². The van der Waals surface area contributed by atoms with Gasteiger partial charge in [0, 0.05) is 11.8 Å². The first-order valence-electron chi connectivity index (χ1n) is 8.39. The second kappa shape index (κ2) is 8.55. The van der Waals surface area contributed by atoms with Crippen LogP contribution in [0.3, 0.4) is 0 Å². The number of rotatable bonds is 6. The summed E-state index contributed by atoms with van der Waals surface area (Å²) in [5, 5.41) is 8.23. The molecule has 0 bridgehead atoms. The molecule has 162 valence electrons. The summed E-state index contributed by atoms with van der Waals surface area (Å²) in [4.78, 5) is 15.5. The highest BCUT2D eigenvalue weighted by molar-refractivity contribution is 7.92. The molecule has 0 saturated heterocycles. The number of nitrogens with one attached hydrogen (secondary N) is 3. The molecule has 1 amide bonds. The Balaban J connectivity index is 1.69. The Labute approximate surface area is 173 Å². The summed E-state index contributed by atoms with van der Waals surface area (Å²) in [6.07, 6.45) is -1.93. The van der Waals surface area contributed by atoms with Crippen molar-refractivity contribution in [2.75, 3.05) is 10.0 Å². The predicted octanol–water partition coefficient (Wildman–Crippen LogP) is 3.42. The lowest BCUT2D eigenvalue weighted by atomic mass is 10.1. The molecule has 0 radical (unpaired) electrons. The zero-order valence-corrected chi connectivity index (χ0v) is 16.1. The third kappa shape index (κ3) is 5.66. The van der Waals surface area contributed by atoms with Crippen molar-refractivity contribution in [3.63, 3.8) is 0 Å². The monoisotopic (exact) mass is 455 g/mol. The van der Waals surface area contributed by atoms with Crippen LogP contribution in [0.15, 0.2) is 59.8 Å². The van der Waals surface area contributed by atoms with Gasteiger partial charge in [0.05, 0.1) is 10.5 Å². The molecule has 8 nitrogen and oxygen atoms in total. The third-order valence-electron chi connectivity index (χ3n) is 3.81. The van der Waals surface area contributed by atoms with E-state index in [1.807, 2.05) is 0 Å². The topological polar surface area (TPSA) is 117 Å². The molecule has 0 unspecified atom stereocenters. The van der Waals surface area contributed by atoms with Crippen LogP contribution in [0.5, 0.6) is 0 Å². The molecule has 3 rings (SSSR count). The molecule has 1 heterocycles. The third-order valence-corrected chi connectivity index (χ3v) is 5.17. The maximum absolute atomic E-state index is 13.1. The minimum atomic E-state index is -4.79. The van der Waals surface area contributed by atoms with Gasteiger partial charge < -0.3 is 5.32 Å². The van der Waals surface area contributed by atoms with Gasteiger partial charge in [-0.05, 0) is 48.0 Å². The van der Waals surface area contributed by atoms with E-state index >= 15 is 0 Å². The van der Waals surface area contributed by atoms with Crippen molar-refractivity contribution in [3.05, 3.63) is 71.8 Å². The number of nitrogens with zero attached hydrogens (tertiary/aromatic N) is 2. The fourth-order valence-electron chi connectivity index (χ4n) is 2.43. The number of hydrogen-bond acceptors (Lipinski definition) is 5. The highest BCUT2D eigenvalue weighted by atomic mass is 32.2. The van der Waals surface area contributed by atoms with E-state index in [-0.39, 0.29) is 22.1 Å². The number of hydrogen-bond donors (Lipinski definition) is 3. The summed E-state index contributed by atoms with van der Waals surface area (Å²) < 4.78 is 78.7. The van der Waals surface area contributed by atoms with Gasteiger partial charge in [-0.1, -0.05) is 6.07 Å². The van der Waals surface area contributed by atoms with Crippen molar-refractivity contribution in [1.82, 2.24) is 15.2 Å². The van der Waals surface area contributed by atoms with E-state index in [9.17, 15) is 30.8 Å². The van der Waals surface area contributed by atoms with Gasteiger partial charge in [0.1, 0.15) is 12.1 Å². The first-order valence-corrected chi connectivity index (χ1v) is 9.87. The number of carbonyl (C=O) groups excluding carboxylic acids is 1. The molecule has 1 aromatic heterocycles. The van der Waals surface area contributed by atoms with Crippen LogP contribution in [0.2, 0.25) is 0 Å².